The smallest absolute Gasteiger partial charge is 0.360 e. The van der Waals surface area contributed by atoms with Crippen LogP contribution in [0.4, 0.5) is 11.4 Å². The third kappa shape index (κ3) is 5.89. The topological polar surface area (TPSA) is 103 Å². The molecular weight excluding hydrogens is 725 g/mol. The largest absolute Gasteiger partial charge is 0.421 e. The van der Waals surface area contributed by atoms with E-state index < -0.39 is 0 Å². The molecule has 6 heterocycles. The Kier molecular flexibility index (Phi) is 8.63. The van der Waals surface area contributed by atoms with Gasteiger partial charge in [0.25, 0.3) is 0 Å². The van der Waals surface area contributed by atoms with E-state index in [1.165, 1.54) is 32.7 Å². The molecule has 2 saturated heterocycles. The van der Waals surface area contributed by atoms with Crippen molar-refractivity contribution in [2.75, 3.05) is 23.8 Å². The molecule has 58 heavy (non-hydrogen) atoms. The van der Waals surface area contributed by atoms with Crippen LogP contribution in [0.3, 0.4) is 0 Å². The van der Waals surface area contributed by atoms with Crippen LogP contribution in [-0.2, 0) is 9.47 Å². The summed E-state index contributed by atoms with van der Waals surface area (Å²) in [5, 5.41) is 13.9. The number of fused-ring (bicyclic) bond motifs is 12. The second kappa shape index (κ2) is 14.3. The van der Waals surface area contributed by atoms with Crippen molar-refractivity contribution in [3.05, 3.63) is 177 Å². The van der Waals surface area contributed by atoms with Crippen molar-refractivity contribution in [2.45, 2.75) is 50.0 Å². The molecule has 6 aromatic carbocycles. The van der Waals surface area contributed by atoms with Crippen molar-refractivity contribution >= 4 is 54.9 Å². The Morgan fingerprint density at radius 2 is 0.879 bits per heavy atom. The summed E-state index contributed by atoms with van der Waals surface area (Å²) in [4.78, 5) is 25.7. The molecule has 0 aliphatic carbocycles. The number of benzene rings is 6. The van der Waals surface area contributed by atoms with Crippen molar-refractivity contribution in [3.8, 4) is 0 Å². The lowest BCUT2D eigenvalue weighted by Gasteiger charge is -2.43. The zero-order valence-corrected chi connectivity index (χ0v) is 31.9. The summed E-state index contributed by atoms with van der Waals surface area (Å²) in [6.45, 7) is 1.44. The van der Waals surface area contributed by atoms with Gasteiger partial charge in [-0.3, -0.25) is 0 Å². The number of nitrogens with one attached hydrogen (secondary N) is 2. The lowest BCUT2D eigenvalue weighted by molar-refractivity contribution is -0.0376. The quantitative estimate of drug-likeness (QED) is 0.168. The lowest BCUT2D eigenvalue weighted by atomic mass is 9.77. The molecule has 4 aliphatic rings. The highest BCUT2D eigenvalue weighted by Crippen LogP contribution is 2.52. The van der Waals surface area contributed by atoms with Gasteiger partial charge >= 0.3 is 11.3 Å². The molecule has 6 atom stereocenters. The van der Waals surface area contributed by atoms with Gasteiger partial charge in [0.2, 0.25) is 0 Å². The Bertz CT molecular complexity index is 2790. The van der Waals surface area contributed by atoms with Gasteiger partial charge in [0, 0.05) is 46.9 Å². The number of rotatable bonds is 2. The van der Waals surface area contributed by atoms with Gasteiger partial charge in [0.05, 0.1) is 24.3 Å². The minimum Gasteiger partial charge on any atom is -0.421 e. The molecule has 288 valence electrons. The third-order valence-electron chi connectivity index (χ3n) is 12.7. The standard InChI is InChI=1S/2C25H21NO3/c2*27-25-23-21(18-8-3-4-10-20(18)29-25)24-19(9-5-13-28-24)22(26-23)17-12-11-15-6-1-2-7-16(15)14-17/h2*1-4,6-8,10-12,14,19,22,24,26H,5,9,13H2/t2*19-,22-,24-/m10/s1. The van der Waals surface area contributed by atoms with Crippen LogP contribution in [0.15, 0.2) is 152 Å². The first-order chi connectivity index (χ1) is 28.6. The van der Waals surface area contributed by atoms with Gasteiger partial charge in [0.15, 0.2) is 0 Å². The van der Waals surface area contributed by atoms with E-state index in [0.29, 0.717) is 22.5 Å². The summed E-state index contributed by atoms with van der Waals surface area (Å²) < 4.78 is 23.8. The summed E-state index contributed by atoms with van der Waals surface area (Å²) in [5.74, 6) is 0.533. The molecule has 2 aromatic heterocycles. The molecule has 0 radical (unpaired) electrons. The molecule has 0 saturated carbocycles. The average molecular weight is 767 g/mol. The SMILES string of the molecule is O=c1oc2ccccc2c2c1N[C@@H](c1ccc3ccccc3c1)[C@@H]1CCCO[C@H]21.O=c1oc2ccccc2c2c1N[C@H](c1ccc3ccccc3c1)[C@H]1CCCO[C@@H]21. The van der Waals surface area contributed by atoms with Crippen molar-refractivity contribution in [3.63, 3.8) is 0 Å². The fourth-order valence-corrected chi connectivity index (χ4v) is 10.1. The zero-order valence-electron chi connectivity index (χ0n) is 31.9. The maximum atomic E-state index is 12.9. The summed E-state index contributed by atoms with van der Waals surface area (Å²) in [6.07, 6.45) is 3.96. The first-order valence-corrected chi connectivity index (χ1v) is 20.4. The van der Waals surface area contributed by atoms with Crippen LogP contribution in [0, 0.1) is 11.8 Å². The van der Waals surface area contributed by atoms with E-state index in [9.17, 15) is 9.59 Å². The fourth-order valence-electron chi connectivity index (χ4n) is 10.1. The number of para-hydroxylation sites is 2. The van der Waals surface area contributed by atoms with E-state index in [1.807, 2.05) is 48.5 Å². The molecule has 0 spiro atoms. The van der Waals surface area contributed by atoms with Crippen molar-refractivity contribution in [1.29, 1.82) is 0 Å². The summed E-state index contributed by atoms with van der Waals surface area (Å²) in [5.41, 5.74) is 5.97. The number of anilines is 2. The first kappa shape index (κ1) is 35.0. The van der Waals surface area contributed by atoms with Crippen LogP contribution < -0.4 is 21.9 Å². The van der Waals surface area contributed by atoms with Crippen molar-refractivity contribution in [2.24, 2.45) is 11.8 Å². The predicted octanol–water partition coefficient (Wildman–Crippen LogP) is 11.2. The minimum absolute atomic E-state index is 0.0152. The monoisotopic (exact) mass is 766 g/mol. The highest BCUT2D eigenvalue weighted by Gasteiger charge is 2.44. The van der Waals surface area contributed by atoms with Crippen LogP contribution >= 0.6 is 0 Å². The molecule has 2 N–H and O–H groups in total. The van der Waals surface area contributed by atoms with Crippen molar-refractivity contribution < 1.29 is 18.3 Å². The summed E-state index contributed by atoms with van der Waals surface area (Å²) in [6, 6.07) is 45.4. The van der Waals surface area contributed by atoms with E-state index in [1.54, 1.807) is 0 Å². The zero-order chi connectivity index (χ0) is 38.7. The Morgan fingerprint density at radius 1 is 0.466 bits per heavy atom. The number of hydrogen-bond donors (Lipinski definition) is 2. The van der Waals surface area contributed by atoms with E-state index in [0.717, 1.165) is 60.8 Å². The van der Waals surface area contributed by atoms with Gasteiger partial charge in [0.1, 0.15) is 22.5 Å². The van der Waals surface area contributed by atoms with E-state index in [2.05, 4.69) is 95.6 Å². The van der Waals surface area contributed by atoms with E-state index in [4.69, 9.17) is 18.3 Å². The molecule has 0 amide bonds. The highest BCUT2D eigenvalue weighted by molar-refractivity contribution is 5.88. The Balaban J connectivity index is 0.000000133. The molecule has 8 heteroatoms. The normalized spacial score (nSPS) is 23.4. The maximum absolute atomic E-state index is 12.9. The third-order valence-corrected chi connectivity index (χ3v) is 12.7. The van der Waals surface area contributed by atoms with Crippen LogP contribution in [0.2, 0.25) is 0 Å². The van der Waals surface area contributed by atoms with Gasteiger partial charge in [-0.05, 0) is 82.6 Å². The maximum Gasteiger partial charge on any atom is 0.360 e. The van der Waals surface area contributed by atoms with Gasteiger partial charge in [-0.15, -0.1) is 0 Å². The minimum atomic E-state index is -0.322. The van der Waals surface area contributed by atoms with Crippen LogP contribution in [-0.4, -0.2) is 13.2 Å². The van der Waals surface area contributed by atoms with Gasteiger partial charge < -0.3 is 28.9 Å². The van der Waals surface area contributed by atoms with Crippen LogP contribution in [0.5, 0.6) is 0 Å². The number of hydrogen-bond acceptors (Lipinski definition) is 8. The molecule has 4 aliphatic heterocycles. The first-order valence-electron chi connectivity index (χ1n) is 20.4. The van der Waals surface area contributed by atoms with E-state index in [-0.39, 0.29) is 47.4 Å². The van der Waals surface area contributed by atoms with Crippen LogP contribution in [0.1, 0.15) is 72.2 Å². The highest BCUT2D eigenvalue weighted by atomic mass is 16.5. The molecule has 12 rings (SSSR count). The molecule has 0 bridgehead atoms. The second-order valence-electron chi connectivity index (χ2n) is 16.0. The molecule has 2 fully saturated rings. The average Bonchev–Trinajstić information content (AvgIpc) is 3.28. The predicted molar refractivity (Wildman–Crippen MR) is 228 cm³/mol. The Labute approximate surface area is 334 Å². The number of ether oxygens (including phenoxy) is 2. The van der Waals surface area contributed by atoms with E-state index >= 15 is 0 Å². The van der Waals surface area contributed by atoms with Crippen LogP contribution in [0.25, 0.3) is 43.5 Å². The molecule has 0 unspecified atom stereocenters. The fraction of sp³-hybridized carbons (Fsp3) is 0.240. The Morgan fingerprint density at radius 3 is 1.34 bits per heavy atom. The summed E-state index contributed by atoms with van der Waals surface area (Å²) in [7, 11) is 0. The molecule has 8 nitrogen and oxygen atoms in total. The lowest BCUT2D eigenvalue weighted by Crippen LogP contribution is -2.38. The summed E-state index contributed by atoms with van der Waals surface area (Å²) >= 11 is 0. The van der Waals surface area contributed by atoms with Gasteiger partial charge in [-0.2, -0.15) is 0 Å². The van der Waals surface area contributed by atoms with Gasteiger partial charge in [-0.25, -0.2) is 9.59 Å². The second-order valence-corrected chi connectivity index (χ2v) is 16.0. The molecule has 8 aromatic rings. The Hall–Kier alpha value is -6.22. The molecular formula is C50H42N2O6. The van der Waals surface area contributed by atoms with Crippen molar-refractivity contribution in [1.82, 2.24) is 0 Å². The van der Waals surface area contributed by atoms with Gasteiger partial charge in [-0.1, -0.05) is 109 Å².